The van der Waals surface area contributed by atoms with Crippen LogP contribution >= 0.6 is 0 Å². The molecule has 0 aromatic heterocycles. The van der Waals surface area contributed by atoms with E-state index < -0.39 is 0 Å². The molecule has 0 spiro atoms. The van der Waals surface area contributed by atoms with Crippen LogP contribution in [0.25, 0.3) is 0 Å². The maximum Gasteiger partial charge on any atom is 0.0465 e. The lowest BCUT2D eigenvalue weighted by Crippen LogP contribution is -2.40. The zero-order valence-corrected chi connectivity index (χ0v) is 10.5. The van der Waals surface area contributed by atoms with Gasteiger partial charge < -0.3 is 10.1 Å². The molecule has 0 amide bonds. The van der Waals surface area contributed by atoms with E-state index in [2.05, 4.69) is 33.0 Å². The molecule has 0 heterocycles. The van der Waals surface area contributed by atoms with Gasteiger partial charge in [-0.25, -0.2) is 0 Å². The zero-order chi connectivity index (χ0) is 11.0. The highest BCUT2D eigenvalue weighted by molar-refractivity contribution is 4.76. The predicted octanol–water partition coefficient (Wildman–Crippen LogP) is 2.68. The van der Waals surface area contributed by atoms with Crippen LogP contribution in [0.1, 0.15) is 40.5 Å². The third-order valence-corrected chi connectivity index (χ3v) is 2.74. The molecule has 86 valence electrons. The molecule has 0 aromatic carbocycles. The van der Waals surface area contributed by atoms with Gasteiger partial charge in [-0.1, -0.05) is 27.7 Å². The summed E-state index contributed by atoms with van der Waals surface area (Å²) in [5.74, 6) is 1.40. The van der Waals surface area contributed by atoms with E-state index >= 15 is 0 Å². The standard InChI is InChI=1S/C12H27NO/c1-6-8-13-12(10(2)3)11(4)7-9-14-5/h10-13H,6-9H2,1-5H3. The average molecular weight is 201 g/mol. The van der Waals surface area contributed by atoms with Gasteiger partial charge in [0.15, 0.2) is 0 Å². The first-order chi connectivity index (χ1) is 6.63. The molecule has 14 heavy (non-hydrogen) atoms. The van der Waals surface area contributed by atoms with Crippen molar-refractivity contribution in [1.29, 1.82) is 0 Å². The van der Waals surface area contributed by atoms with Crippen molar-refractivity contribution >= 4 is 0 Å². The van der Waals surface area contributed by atoms with Crippen molar-refractivity contribution in [2.45, 2.75) is 46.6 Å². The summed E-state index contributed by atoms with van der Waals surface area (Å²) < 4.78 is 5.12. The fourth-order valence-electron chi connectivity index (χ4n) is 1.89. The fraction of sp³-hybridized carbons (Fsp3) is 1.00. The molecule has 1 N–H and O–H groups in total. The van der Waals surface area contributed by atoms with E-state index in [9.17, 15) is 0 Å². The Morgan fingerprint density at radius 3 is 2.29 bits per heavy atom. The smallest absolute Gasteiger partial charge is 0.0465 e. The summed E-state index contributed by atoms with van der Waals surface area (Å²) in [6.45, 7) is 11.1. The first-order valence-corrected chi connectivity index (χ1v) is 5.85. The van der Waals surface area contributed by atoms with Crippen molar-refractivity contribution in [2.24, 2.45) is 11.8 Å². The van der Waals surface area contributed by atoms with Crippen LogP contribution in [-0.4, -0.2) is 26.3 Å². The third kappa shape index (κ3) is 5.61. The van der Waals surface area contributed by atoms with Gasteiger partial charge in [0, 0.05) is 19.8 Å². The molecule has 2 nitrogen and oxygen atoms in total. The van der Waals surface area contributed by atoms with Crippen molar-refractivity contribution < 1.29 is 4.74 Å². The largest absolute Gasteiger partial charge is 0.385 e. The van der Waals surface area contributed by atoms with Gasteiger partial charge >= 0.3 is 0 Å². The van der Waals surface area contributed by atoms with E-state index in [0.717, 1.165) is 19.6 Å². The Morgan fingerprint density at radius 1 is 1.21 bits per heavy atom. The SMILES string of the molecule is CCCNC(C(C)C)C(C)CCOC. The second-order valence-electron chi connectivity index (χ2n) is 4.48. The van der Waals surface area contributed by atoms with E-state index in [1.54, 1.807) is 7.11 Å². The molecule has 0 saturated carbocycles. The van der Waals surface area contributed by atoms with Gasteiger partial charge in [0.25, 0.3) is 0 Å². The third-order valence-electron chi connectivity index (χ3n) is 2.74. The van der Waals surface area contributed by atoms with Crippen molar-refractivity contribution in [3.8, 4) is 0 Å². The fourth-order valence-corrected chi connectivity index (χ4v) is 1.89. The Hall–Kier alpha value is -0.0800. The van der Waals surface area contributed by atoms with Gasteiger partial charge in [-0.3, -0.25) is 0 Å². The Labute approximate surface area is 89.4 Å². The molecule has 2 heteroatoms. The van der Waals surface area contributed by atoms with Crippen molar-refractivity contribution in [3.63, 3.8) is 0 Å². The number of hydrogen-bond acceptors (Lipinski definition) is 2. The average Bonchev–Trinajstić information content (AvgIpc) is 2.14. The topological polar surface area (TPSA) is 21.3 Å². The first kappa shape index (κ1) is 13.9. The van der Waals surface area contributed by atoms with Crippen LogP contribution in [0.15, 0.2) is 0 Å². The molecule has 0 saturated heterocycles. The minimum absolute atomic E-state index is 0.630. The van der Waals surface area contributed by atoms with Crippen LogP contribution in [-0.2, 0) is 4.74 Å². The highest BCUT2D eigenvalue weighted by atomic mass is 16.5. The molecule has 0 rings (SSSR count). The van der Waals surface area contributed by atoms with Gasteiger partial charge in [0.05, 0.1) is 0 Å². The maximum absolute atomic E-state index is 5.12. The summed E-state index contributed by atoms with van der Waals surface area (Å²) in [7, 11) is 1.77. The van der Waals surface area contributed by atoms with Crippen LogP contribution in [0.5, 0.6) is 0 Å². The summed E-state index contributed by atoms with van der Waals surface area (Å²) in [4.78, 5) is 0. The summed E-state index contributed by atoms with van der Waals surface area (Å²) in [5.41, 5.74) is 0. The monoisotopic (exact) mass is 201 g/mol. The zero-order valence-electron chi connectivity index (χ0n) is 10.5. The van der Waals surface area contributed by atoms with Gasteiger partial charge in [-0.05, 0) is 31.2 Å². The molecule has 0 bridgehead atoms. The summed E-state index contributed by atoms with van der Waals surface area (Å²) >= 11 is 0. The van der Waals surface area contributed by atoms with Crippen LogP contribution in [0.3, 0.4) is 0 Å². The lowest BCUT2D eigenvalue weighted by atomic mass is 9.89. The summed E-state index contributed by atoms with van der Waals surface area (Å²) in [6.07, 6.45) is 2.36. The van der Waals surface area contributed by atoms with Crippen LogP contribution in [0.2, 0.25) is 0 Å². The quantitative estimate of drug-likeness (QED) is 0.652. The Balaban J connectivity index is 3.91. The van der Waals surface area contributed by atoms with E-state index in [1.807, 2.05) is 0 Å². The van der Waals surface area contributed by atoms with Crippen LogP contribution < -0.4 is 5.32 Å². The predicted molar refractivity (Wildman–Crippen MR) is 62.6 cm³/mol. The van der Waals surface area contributed by atoms with E-state index in [0.29, 0.717) is 17.9 Å². The second kappa shape index (κ2) is 8.25. The second-order valence-corrected chi connectivity index (χ2v) is 4.48. The van der Waals surface area contributed by atoms with Gasteiger partial charge in [0.1, 0.15) is 0 Å². The Bertz CT molecular complexity index is 125. The molecule has 0 aliphatic carbocycles. The van der Waals surface area contributed by atoms with E-state index in [4.69, 9.17) is 4.74 Å². The van der Waals surface area contributed by atoms with Gasteiger partial charge in [0.2, 0.25) is 0 Å². The first-order valence-electron chi connectivity index (χ1n) is 5.85. The van der Waals surface area contributed by atoms with Crippen molar-refractivity contribution in [1.82, 2.24) is 5.32 Å². The summed E-state index contributed by atoms with van der Waals surface area (Å²) in [6, 6.07) is 0.630. The number of nitrogens with one attached hydrogen (secondary N) is 1. The summed E-state index contributed by atoms with van der Waals surface area (Å²) in [5, 5.41) is 3.62. The molecular formula is C12H27NO. The molecule has 2 unspecified atom stereocenters. The molecule has 2 atom stereocenters. The number of methoxy groups -OCH3 is 1. The Morgan fingerprint density at radius 2 is 1.86 bits per heavy atom. The normalized spacial score (nSPS) is 15.9. The van der Waals surface area contributed by atoms with Gasteiger partial charge in [-0.15, -0.1) is 0 Å². The number of ether oxygens (including phenoxy) is 1. The highest BCUT2D eigenvalue weighted by Crippen LogP contribution is 2.16. The molecule has 0 radical (unpaired) electrons. The minimum atomic E-state index is 0.630. The van der Waals surface area contributed by atoms with E-state index in [-0.39, 0.29) is 0 Å². The molecule has 0 aliphatic rings. The van der Waals surface area contributed by atoms with E-state index in [1.165, 1.54) is 6.42 Å². The molecule has 0 aromatic rings. The molecule has 0 aliphatic heterocycles. The van der Waals surface area contributed by atoms with Crippen molar-refractivity contribution in [3.05, 3.63) is 0 Å². The van der Waals surface area contributed by atoms with Gasteiger partial charge in [-0.2, -0.15) is 0 Å². The van der Waals surface area contributed by atoms with Crippen LogP contribution in [0, 0.1) is 11.8 Å². The van der Waals surface area contributed by atoms with Crippen molar-refractivity contribution in [2.75, 3.05) is 20.3 Å². The maximum atomic E-state index is 5.12. The highest BCUT2D eigenvalue weighted by Gasteiger charge is 2.19. The minimum Gasteiger partial charge on any atom is -0.385 e. The number of rotatable bonds is 8. The lowest BCUT2D eigenvalue weighted by molar-refractivity contribution is 0.162. The lowest BCUT2D eigenvalue weighted by Gasteiger charge is -2.28. The van der Waals surface area contributed by atoms with Crippen LogP contribution in [0.4, 0.5) is 0 Å². The Kier molecular flexibility index (Phi) is 8.20. The molecule has 0 fully saturated rings. The molecular weight excluding hydrogens is 174 g/mol. The number of hydrogen-bond donors (Lipinski definition) is 1.